The van der Waals surface area contributed by atoms with Gasteiger partial charge in [-0.15, -0.1) is 0 Å². The van der Waals surface area contributed by atoms with E-state index in [2.05, 4.69) is 15.4 Å². The molecule has 106 valence electrons. The number of nitro groups is 1. The number of hydrogen-bond donors (Lipinski definition) is 1. The van der Waals surface area contributed by atoms with Gasteiger partial charge in [0.2, 0.25) is 0 Å². The number of aryl methyl sites for hydroxylation is 1. The molecule has 7 nitrogen and oxygen atoms in total. The first-order chi connectivity index (χ1) is 10.2. The van der Waals surface area contributed by atoms with Crippen LogP contribution in [0.2, 0.25) is 0 Å². The standard InChI is InChI=1S/C14H13N5O2/c1-2-18-9-10(8-16-18)17-13-6-5-12-11(4-3-7-15-12)14(13)19(20)21/h3-9,17H,2H2,1H3. The van der Waals surface area contributed by atoms with Crippen LogP contribution < -0.4 is 5.32 Å². The van der Waals surface area contributed by atoms with Crippen molar-refractivity contribution in [3.8, 4) is 0 Å². The van der Waals surface area contributed by atoms with Crippen molar-refractivity contribution in [2.45, 2.75) is 13.5 Å². The lowest BCUT2D eigenvalue weighted by molar-refractivity contribution is -0.382. The Labute approximate surface area is 120 Å². The highest BCUT2D eigenvalue weighted by Gasteiger charge is 2.19. The minimum atomic E-state index is -0.392. The van der Waals surface area contributed by atoms with E-state index in [9.17, 15) is 10.1 Å². The van der Waals surface area contributed by atoms with Crippen LogP contribution in [0.3, 0.4) is 0 Å². The van der Waals surface area contributed by atoms with Crippen molar-refractivity contribution in [2.75, 3.05) is 5.32 Å². The Bertz CT molecular complexity index is 812. The van der Waals surface area contributed by atoms with Crippen LogP contribution in [-0.4, -0.2) is 19.7 Å². The molecule has 0 radical (unpaired) electrons. The quantitative estimate of drug-likeness (QED) is 0.587. The average molecular weight is 283 g/mol. The number of anilines is 2. The molecule has 21 heavy (non-hydrogen) atoms. The van der Waals surface area contributed by atoms with Crippen LogP contribution in [0, 0.1) is 10.1 Å². The molecule has 0 bridgehead atoms. The maximum Gasteiger partial charge on any atom is 0.301 e. The van der Waals surface area contributed by atoms with Crippen molar-refractivity contribution in [3.63, 3.8) is 0 Å². The number of hydrogen-bond acceptors (Lipinski definition) is 5. The van der Waals surface area contributed by atoms with E-state index in [-0.39, 0.29) is 5.69 Å². The maximum absolute atomic E-state index is 11.4. The molecule has 0 aliphatic carbocycles. The summed E-state index contributed by atoms with van der Waals surface area (Å²) >= 11 is 0. The van der Waals surface area contributed by atoms with Gasteiger partial charge in [0, 0.05) is 18.9 Å². The molecular formula is C14H13N5O2. The molecular weight excluding hydrogens is 270 g/mol. The zero-order valence-electron chi connectivity index (χ0n) is 11.4. The fourth-order valence-corrected chi connectivity index (χ4v) is 2.19. The number of pyridine rings is 1. The summed E-state index contributed by atoms with van der Waals surface area (Å²) in [5.74, 6) is 0. The van der Waals surface area contributed by atoms with Crippen LogP contribution in [0.25, 0.3) is 10.9 Å². The molecule has 2 heterocycles. The first kappa shape index (κ1) is 13.0. The molecule has 0 amide bonds. The van der Waals surface area contributed by atoms with E-state index >= 15 is 0 Å². The molecule has 0 aliphatic heterocycles. The molecule has 1 aromatic carbocycles. The Hall–Kier alpha value is -2.96. The van der Waals surface area contributed by atoms with Gasteiger partial charge in [0.05, 0.1) is 27.7 Å². The topological polar surface area (TPSA) is 85.9 Å². The monoisotopic (exact) mass is 283 g/mol. The Kier molecular flexibility index (Phi) is 3.23. The minimum absolute atomic E-state index is 0.0184. The highest BCUT2D eigenvalue weighted by atomic mass is 16.6. The molecule has 0 aliphatic rings. The van der Waals surface area contributed by atoms with Gasteiger partial charge in [0.25, 0.3) is 0 Å². The van der Waals surface area contributed by atoms with Gasteiger partial charge < -0.3 is 5.32 Å². The van der Waals surface area contributed by atoms with Gasteiger partial charge in [-0.1, -0.05) is 0 Å². The Balaban J connectivity index is 2.09. The molecule has 7 heteroatoms. The number of rotatable bonds is 4. The molecule has 1 N–H and O–H groups in total. The van der Waals surface area contributed by atoms with E-state index in [1.165, 1.54) is 0 Å². The Morgan fingerprint density at radius 1 is 1.38 bits per heavy atom. The first-order valence-electron chi connectivity index (χ1n) is 6.50. The predicted octanol–water partition coefficient (Wildman–Crippen LogP) is 3.10. The molecule has 3 rings (SSSR count). The summed E-state index contributed by atoms with van der Waals surface area (Å²) in [5, 5.41) is 19.1. The summed E-state index contributed by atoms with van der Waals surface area (Å²) < 4.78 is 1.75. The van der Waals surface area contributed by atoms with E-state index in [1.54, 1.807) is 47.5 Å². The second-order valence-electron chi connectivity index (χ2n) is 4.50. The molecule has 0 spiro atoms. The van der Waals surface area contributed by atoms with Crippen LogP contribution in [0.5, 0.6) is 0 Å². The normalized spacial score (nSPS) is 10.7. The molecule has 0 unspecified atom stereocenters. The lowest BCUT2D eigenvalue weighted by atomic mass is 10.1. The highest BCUT2D eigenvalue weighted by molar-refractivity contribution is 5.95. The molecule has 0 fully saturated rings. The van der Waals surface area contributed by atoms with Crippen molar-refractivity contribution in [2.24, 2.45) is 0 Å². The fraction of sp³-hybridized carbons (Fsp3) is 0.143. The molecule has 2 aromatic heterocycles. The SMILES string of the molecule is CCn1cc(Nc2ccc3ncccc3c2[N+](=O)[O-])cn1. The smallest absolute Gasteiger partial charge is 0.301 e. The molecule has 0 saturated carbocycles. The van der Waals surface area contributed by atoms with Gasteiger partial charge in [-0.3, -0.25) is 19.8 Å². The molecule has 3 aromatic rings. The number of fused-ring (bicyclic) bond motifs is 1. The second-order valence-corrected chi connectivity index (χ2v) is 4.50. The average Bonchev–Trinajstić information content (AvgIpc) is 2.94. The van der Waals surface area contributed by atoms with E-state index < -0.39 is 4.92 Å². The van der Waals surface area contributed by atoms with Gasteiger partial charge in [-0.05, 0) is 31.2 Å². The van der Waals surface area contributed by atoms with Crippen molar-refractivity contribution in [1.82, 2.24) is 14.8 Å². The van der Waals surface area contributed by atoms with Crippen LogP contribution in [0.4, 0.5) is 17.1 Å². The van der Waals surface area contributed by atoms with Crippen molar-refractivity contribution in [3.05, 3.63) is 53.0 Å². The molecule has 0 atom stereocenters. The summed E-state index contributed by atoms with van der Waals surface area (Å²) in [6.07, 6.45) is 5.06. The summed E-state index contributed by atoms with van der Waals surface area (Å²) in [6.45, 7) is 2.71. The highest BCUT2D eigenvalue weighted by Crippen LogP contribution is 2.34. The van der Waals surface area contributed by atoms with Crippen molar-refractivity contribution >= 4 is 28.0 Å². The van der Waals surface area contributed by atoms with E-state index in [4.69, 9.17) is 0 Å². The lowest BCUT2D eigenvalue weighted by Crippen LogP contribution is -1.98. The molecule has 0 saturated heterocycles. The third kappa shape index (κ3) is 2.40. The van der Waals surface area contributed by atoms with E-state index in [0.717, 1.165) is 6.54 Å². The second kappa shape index (κ2) is 5.20. The summed E-state index contributed by atoms with van der Waals surface area (Å²) in [6, 6.07) is 6.81. The van der Waals surface area contributed by atoms with Gasteiger partial charge >= 0.3 is 5.69 Å². The lowest BCUT2D eigenvalue weighted by Gasteiger charge is -2.07. The summed E-state index contributed by atoms with van der Waals surface area (Å²) in [5.41, 5.74) is 1.75. The third-order valence-electron chi connectivity index (χ3n) is 3.18. The summed E-state index contributed by atoms with van der Waals surface area (Å²) in [7, 11) is 0. The largest absolute Gasteiger partial charge is 0.347 e. The Morgan fingerprint density at radius 3 is 2.95 bits per heavy atom. The van der Waals surface area contributed by atoms with Crippen LogP contribution in [0.15, 0.2) is 42.9 Å². The zero-order valence-corrected chi connectivity index (χ0v) is 11.4. The first-order valence-corrected chi connectivity index (χ1v) is 6.50. The Morgan fingerprint density at radius 2 is 2.24 bits per heavy atom. The number of nitro benzene ring substituents is 1. The number of aromatic nitrogens is 3. The maximum atomic E-state index is 11.4. The van der Waals surface area contributed by atoms with Crippen LogP contribution in [0.1, 0.15) is 6.92 Å². The summed E-state index contributed by atoms with van der Waals surface area (Å²) in [4.78, 5) is 15.2. The van der Waals surface area contributed by atoms with Crippen LogP contribution >= 0.6 is 0 Å². The number of nitrogens with zero attached hydrogens (tertiary/aromatic N) is 4. The van der Waals surface area contributed by atoms with Crippen molar-refractivity contribution < 1.29 is 4.92 Å². The van der Waals surface area contributed by atoms with Gasteiger partial charge in [0.1, 0.15) is 5.69 Å². The predicted molar refractivity (Wildman–Crippen MR) is 79.6 cm³/mol. The minimum Gasteiger partial charge on any atom is -0.347 e. The number of nitrogens with one attached hydrogen (secondary N) is 1. The fourth-order valence-electron chi connectivity index (χ4n) is 2.19. The van der Waals surface area contributed by atoms with Crippen molar-refractivity contribution in [1.29, 1.82) is 0 Å². The number of benzene rings is 1. The van der Waals surface area contributed by atoms with Gasteiger partial charge in [-0.2, -0.15) is 5.10 Å². The third-order valence-corrected chi connectivity index (χ3v) is 3.18. The van der Waals surface area contributed by atoms with Gasteiger partial charge in [0.15, 0.2) is 0 Å². The van der Waals surface area contributed by atoms with Gasteiger partial charge in [-0.25, -0.2) is 0 Å². The van der Waals surface area contributed by atoms with E-state index in [1.807, 2.05) is 6.92 Å². The zero-order chi connectivity index (χ0) is 14.8. The van der Waals surface area contributed by atoms with E-state index in [0.29, 0.717) is 22.3 Å². The van der Waals surface area contributed by atoms with Crippen LogP contribution in [-0.2, 0) is 6.54 Å².